The lowest BCUT2D eigenvalue weighted by Gasteiger charge is -2.29. The summed E-state index contributed by atoms with van der Waals surface area (Å²) in [5.74, 6) is 0.746. The van der Waals surface area contributed by atoms with E-state index >= 15 is 0 Å². The molecule has 0 spiro atoms. The number of hydrogen-bond donors (Lipinski definition) is 4. The van der Waals surface area contributed by atoms with Crippen LogP contribution in [0.4, 0.5) is 10.3 Å². The van der Waals surface area contributed by atoms with Crippen molar-refractivity contribution in [3.8, 4) is 22.6 Å². The molecule has 11 heteroatoms. The Balaban J connectivity index is 1.53. The van der Waals surface area contributed by atoms with Crippen LogP contribution in [0.15, 0.2) is 36.5 Å². The predicted molar refractivity (Wildman–Crippen MR) is 127 cm³/mol. The SMILES string of the molecule is CC(=O)NCC1COC(Cc2nc(-c3ccc(F)cc3)c(-c3ccnc(NCCCO)n3)[nH]2)OC1. The maximum atomic E-state index is 13.5. The number of aliphatic hydroxyl groups excluding tert-OH is 1. The van der Waals surface area contributed by atoms with Gasteiger partial charge in [-0.05, 0) is 36.8 Å². The van der Waals surface area contributed by atoms with E-state index in [1.807, 2.05) is 0 Å². The van der Waals surface area contributed by atoms with E-state index in [9.17, 15) is 9.18 Å². The number of rotatable bonds is 10. The number of nitrogens with one attached hydrogen (secondary N) is 3. The largest absolute Gasteiger partial charge is 0.396 e. The van der Waals surface area contributed by atoms with Crippen LogP contribution in [0.5, 0.6) is 0 Å². The molecule has 186 valence electrons. The third-order valence-corrected chi connectivity index (χ3v) is 5.44. The number of hydrogen-bond acceptors (Lipinski definition) is 8. The first-order valence-electron chi connectivity index (χ1n) is 11.5. The van der Waals surface area contributed by atoms with Crippen molar-refractivity contribution in [1.82, 2.24) is 25.3 Å². The standard InChI is InChI=1S/C24H29FN6O4/c1-15(33)28-12-16-13-34-21(35-14-16)11-20-30-22(17-3-5-18(25)6-4-17)23(31-20)19-7-9-27-24(29-19)26-8-2-10-32/h3-7,9,16,21,32H,2,8,10-14H2,1H3,(H,28,33)(H,30,31)(H,26,27,29). The molecule has 4 rings (SSSR count). The van der Waals surface area contributed by atoms with Crippen LogP contribution in [-0.4, -0.2) is 70.1 Å². The van der Waals surface area contributed by atoms with Gasteiger partial charge in [0.25, 0.3) is 0 Å². The van der Waals surface area contributed by atoms with E-state index < -0.39 is 6.29 Å². The Morgan fingerprint density at radius 1 is 1.20 bits per heavy atom. The number of halogens is 1. The highest BCUT2D eigenvalue weighted by atomic mass is 19.1. The fraction of sp³-hybridized carbons (Fsp3) is 0.417. The Hall–Kier alpha value is -3.41. The van der Waals surface area contributed by atoms with Crippen molar-refractivity contribution in [2.24, 2.45) is 5.92 Å². The van der Waals surface area contributed by atoms with Crippen molar-refractivity contribution in [1.29, 1.82) is 0 Å². The van der Waals surface area contributed by atoms with Gasteiger partial charge in [0.15, 0.2) is 6.29 Å². The molecule has 2 aromatic heterocycles. The Labute approximate surface area is 202 Å². The second-order valence-corrected chi connectivity index (χ2v) is 8.29. The molecule has 1 fully saturated rings. The molecule has 10 nitrogen and oxygen atoms in total. The van der Waals surface area contributed by atoms with E-state index in [-0.39, 0.29) is 24.2 Å². The predicted octanol–water partition coefficient (Wildman–Crippen LogP) is 2.13. The molecule has 0 saturated carbocycles. The van der Waals surface area contributed by atoms with Crippen molar-refractivity contribution in [3.05, 3.63) is 48.2 Å². The molecule has 1 aromatic carbocycles. The van der Waals surface area contributed by atoms with E-state index in [4.69, 9.17) is 19.6 Å². The summed E-state index contributed by atoms with van der Waals surface area (Å²) in [7, 11) is 0. The molecule has 0 aliphatic carbocycles. The first-order valence-corrected chi connectivity index (χ1v) is 11.5. The fourth-order valence-electron chi connectivity index (χ4n) is 3.65. The second kappa shape index (κ2) is 11.8. The zero-order valence-electron chi connectivity index (χ0n) is 19.5. The number of aromatic nitrogens is 4. The van der Waals surface area contributed by atoms with Gasteiger partial charge in [-0.25, -0.2) is 19.3 Å². The molecule has 0 bridgehead atoms. The van der Waals surface area contributed by atoms with E-state index in [0.717, 1.165) is 5.56 Å². The van der Waals surface area contributed by atoms with Gasteiger partial charge in [-0.2, -0.15) is 0 Å². The smallest absolute Gasteiger partial charge is 0.223 e. The number of benzene rings is 1. The summed E-state index contributed by atoms with van der Waals surface area (Å²) in [5.41, 5.74) is 2.64. The highest BCUT2D eigenvalue weighted by molar-refractivity contribution is 5.77. The Kier molecular flexibility index (Phi) is 8.35. The van der Waals surface area contributed by atoms with Crippen LogP contribution in [0, 0.1) is 11.7 Å². The van der Waals surface area contributed by atoms with Gasteiger partial charge < -0.3 is 30.2 Å². The monoisotopic (exact) mass is 484 g/mol. The lowest BCUT2D eigenvalue weighted by Crippen LogP contribution is -2.39. The van der Waals surface area contributed by atoms with E-state index in [1.165, 1.54) is 19.1 Å². The molecule has 4 N–H and O–H groups in total. The molecule has 1 aliphatic heterocycles. The van der Waals surface area contributed by atoms with Gasteiger partial charge in [-0.15, -0.1) is 0 Å². The molecule has 1 saturated heterocycles. The van der Waals surface area contributed by atoms with Crippen molar-refractivity contribution >= 4 is 11.9 Å². The van der Waals surface area contributed by atoms with Crippen molar-refractivity contribution in [2.75, 3.05) is 38.2 Å². The van der Waals surface area contributed by atoms with Gasteiger partial charge in [0.2, 0.25) is 11.9 Å². The third-order valence-electron chi connectivity index (χ3n) is 5.44. The molecule has 3 aromatic rings. The number of imidazole rings is 1. The minimum absolute atomic E-state index is 0.0740. The molecule has 1 aliphatic rings. The number of carbonyl (C=O) groups excluding carboxylic acids is 1. The number of carbonyl (C=O) groups is 1. The number of H-pyrrole nitrogens is 1. The first kappa shape index (κ1) is 24.7. The summed E-state index contributed by atoms with van der Waals surface area (Å²) in [5, 5.41) is 14.9. The summed E-state index contributed by atoms with van der Waals surface area (Å²) < 4.78 is 25.2. The summed E-state index contributed by atoms with van der Waals surface area (Å²) in [6.07, 6.45) is 2.12. The average Bonchev–Trinajstić information content (AvgIpc) is 3.28. The molecule has 3 heterocycles. The first-order chi connectivity index (χ1) is 17.0. The Morgan fingerprint density at radius 2 is 1.97 bits per heavy atom. The van der Waals surface area contributed by atoms with Gasteiger partial charge >= 0.3 is 0 Å². The van der Waals surface area contributed by atoms with Gasteiger partial charge in [-0.1, -0.05) is 0 Å². The van der Waals surface area contributed by atoms with Crippen LogP contribution < -0.4 is 10.6 Å². The Morgan fingerprint density at radius 3 is 2.69 bits per heavy atom. The van der Waals surface area contributed by atoms with E-state index in [2.05, 4.69) is 25.6 Å². The van der Waals surface area contributed by atoms with Gasteiger partial charge in [0.1, 0.15) is 11.6 Å². The second-order valence-electron chi connectivity index (χ2n) is 8.29. The lowest BCUT2D eigenvalue weighted by atomic mass is 10.1. The zero-order chi connectivity index (χ0) is 24.6. The summed E-state index contributed by atoms with van der Waals surface area (Å²) in [6.45, 7) is 3.54. The Bertz CT molecular complexity index is 1120. The molecule has 0 unspecified atom stereocenters. The van der Waals surface area contributed by atoms with E-state index in [1.54, 1.807) is 24.4 Å². The van der Waals surface area contributed by atoms with Crippen LogP contribution in [0.1, 0.15) is 19.2 Å². The summed E-state index contributed by atoms with van der Waals surface area (Å²) in [6, 6.07) is 7.87. The van der Waals surface area contributed by atoms with Gasteiger partial charge in [-0.3, -0.25) is 4.79 Å². The van der Waals surface area contributed by atoms with Crippen LogP contribution in [-0.2, 0) is 20.7 Å². The highest BCUT2D eigenvalue weighted by Gasteiger charge is 2.25. The minimum atomic E-state index is -0.482. The minimum Gasteiger partial charge on any atom is -0.396 e. The quantitative estimate of drug-likeness (QED) is 0.322. The van der Waals surface area contributed by atoms with E-state index in [0.29, 0.717) is 68.0 Å². The van der Waals surface area contributed by atoms with Gasteiger partial charge in [0, 0.05) is 44.3 Å². The molecule has 1 amide bonds. The molecule has 0 atom stereocenters. The van der Waals surface area contributed by atoms with Crippen molar-refractivity contribution in [3.63, 3.8) is 0 Å². The highest BCUT2D eigenvalue weighted by Crippen LogP contribution is 2.30. The van der Waals surface area contributed by atoms with Gasteiger partial charge in [0.05, 0.1) is 36.7 Å². The normalized spacial score (nSPS) is 17.8. The summed E-state index contributed by atoms with van der Waals surface area (Å²) >= 11 is 0. The number of anilines is 1. The fourth-order valence-corrected chi connectivity index (χ4v) is 3.65. The number of nitrogens with zero attached hydrogens (tertiary/aromatic N) is 3. The van der Waals surface area contributed by atoms with Crippen molar-refractivity contribution in [2.45, 2.75) is 26.1 Å². The molecular formula is C24H29FN6O4. The lowest BCUT2D eigenvalue weighted by molar-refractivity contribution is -0.198. The van der Waals surface area contributed by atoms with Crippen LogP contribution >= 0.6 is 0 Å². The zero-order valence-corrected chi connectivity index (χ0v) is 19.5. The molecular weight excluding hydrogens is 455 g/mol. The number of ether oxygens (including phenoxy) is 2. The number of aliphatic hydroxyl groups is 1. The topological polar surface area (TPSA) is 134 Å². The number of aromatic amines is 1. The molecule has 0 radical (unpaired) electrons. The average molecular weight is 485 g/mol. The summed E-state index contributed by atoms with van der Waals surface area (Å²) in [4.78, 5) is 28.0. The number of amides is 1. The van der Waals surface area contributed by atoms with Crippen molar-refractivity contribution < 1.29 is 23.8 Å². The maximum absolute atomic E-state index is 13.5. The molecule has 35 heavy (non-hydrogen) atoms. The van der Waals surface area contributed by atoms with Crippen LogP contribution in [0.2, 0.25) is 0 Å². The maximum Gasteiger partial charge on any atom is 0.223 e. The van der Waals surface area contributed by atoms with Crippen LogP contribution in [0.3, 0.4) is 0 Å². The third kappa shape index (κ3) is 6.81. The van der Waals surface area contributed by atoms with Crippen LogP contribution in [0.25, 0.3) is 22.6 Å².